The van der Waals surface area contributed by atoms with Gasteiger partial charge in [-0.15, -0.1) is 11.3 Å². The van der Waals surface area contributed by atoms with E-state index in [2.05, 4.69) is 29.5 Å². The molecule has 0 aliphatic rings. The summed E-state index contributed by atoms with van der Waals surface area (Å²) in [5, 5.41) is 7.81. The molecule has 0 spiro atoms. The molecule has 3 rings (SSSR count). The van der Waals surface area contributed by atoms with Gasteiger partial charge in [0, 0.05) is 11.6 Å². The Kier molecular flexibility index (Phi) is 5.30. The lowest BCUT2D eigenvalue weighted by Gasteiger charge is -2.13. The first-order valence-electron chi connectivity index (χ1n) is 7.96. The molecule has 5 nitrogen and oxygen atoms in total. The average molecular weight is 353 g/mol. The van der Waals surface area contributed by atoms with E-state index >= 15 is 0 Å². The van der Waals surface area contributed by atoms with Gasteiger partial charge in [0.15, 0.2) is 10.9 Å². The number of ether oxygens (including phenoxy) is 1. The van der Waals surface area contributed by atoms with Gasteiger partial charge >= 0.3 is 6.03 Å². The van der Waals surface area contributed by atoms with Crippen molar-refractivity contribution in [2.24, 2.45) is 0 Å². The van der Waals surface area contributed by atoms with Crippen LogP contribution in [0.2, 0.25) is 0 Å². The first-order valence-corrected chi connectivity index (χ1v) is 8.84. The predicted molar refractivity (Wildman–Crippen MR) is 102 cm³/mol. The van der Waals surface area contributed by atoms with E-state index in [1.165, 1.54) is 16.9 Å². The Morgan fingerprint density at radius 2 is 1.84 bits per heavy atom. The Morgan fingerprint density at radius 3 is 2.52 bits per heavy atom. The number of aromatic nitrogens is 1. The maximum Gasteiger partial charge on any atom is 0.325 e. The summed E-state index contributed by atoms with van der Waals surface area (Å²) < 4.78 is 5.92. The molecule has 0 aliphatic heterocycles. The van der Waals surface area contributed by atoms with Crippen molar-refractivity contribution in [1.82, 2.24) is 4.98 Å². The lowest BCUT2D eigenvalue weighted by molar-refractivity contribution is 0.262. The molecule has 2 N–H and O–H groups in total. The first kappa shape index (κ1) is 17.0. The molecule has 0 radical (unpaired) electrons. The molecule has 6 heteroatoms. The molecule has 0 aliphatic carbocycles. The molecule has 128 valence electrons. The molecule has 0 unspecified atom stereocenters. The van der Waals surface area contributed by atoms with Crippen LogP contribution in [0.4, 0.5) is 15.6 Å². The van der Waals surface area contributed by atoms with Crippen LogP contribution >= 0.6 is 11.3 Å². The number of amides is 2. The zero-order valence-electron chi connectivity index (χ0n) is 14.0. The monoisotopic (exact) mass is 353 g/mol. The molecule has 1 aromatic heterocycles. The number of hydrogen-bond acceptors (Lipinski definition) is 4. The van der Waals surface area contributed by atoms with Gasteiger partial charge in [-0.05, 0) is 35.7 Å². The number of carbonyl (C=O) groups excluding carboxylic acids is 1. The number of urea groups is 1. The molecule has 2 amide bonds. The van der Waals surface area contributed by atoms with E-state index < -0.39 is 0 Å². The van der Waals surface area contributed by atoms with Crippen LogP contribution in [-0.4, -0.2) is 11.0 Å². The van der Waals surface area contributed by atoms with Crippen LogP contribution in [0.15, 0.2) is 60.1 Å². The van der Waals surface area contributed by atoms with Crippen molar-refractivity contribution < 1.29 is 9.53 Å². The summed E-state index contributed by atoms with van der Waals surface area (Å²) in [4.78, 5) is 16.1. The summed E-state index contributed by atoms with van der Waals surface area (Å²) in [6, 6.07) is 14.9. The molecule has 0 bridgehead atoms. The number of rotatable bonds is 5. The van der Waals surface area contributed by atoms with Gasteiger partial charge in [0.25, 0.3) is 0 Å². The van der Waals surface area contributed by atoms with E-state index in [9.17, 15) is 4.79 Å². The van der Waals surface area contributed by atoms with Crippen molar-refractivity contribution in [2.45, 2.75) is 19.8 Å². The van der Waals surface area contributed by atoms with Gasteiger partial charge in [-0.25, -0.2) is 9.78 Å². The number of anilines is 2. The van der Waals surface area contributed by atoms with E-state index in [4.69, 9.17) is 4.74 Å². The number of thiazole rings is 1. The number of nitrogens with one attached hydrogen (secondary N) is 2. The first-order chi connectivity index (χ1) is 12.1. The fourth-order valence-electron chi connectivity index (χ4n) is 2.24. The van der Waals surface area contributed by atoms with Crippen LogP contribution in [-0.2, 0) is 0 Å². The fraction of sp³-hybridized carbons (Fsp3) is 0.158. The van der Waals surface area contributed by atoms with E-state index in [1.807, 2.05) is 42.5 Å². The van der Waals surface area contributed by atoms with Gasteiger partial charge in [0.2, 0.25) is 0 Å². The zero-order chi connectivity index (χ0) is 17.6. The second-order valence-corrected chi connectivity index (χ2v) is 6.63. The Morgan fingerprint density at radius 1 is 1.08 bits per heavy atom. The van der Waals surface area contributed by atoms with Crippen molar-refractivity contribution >= 4 is 28.2 Å². The number of nitrogens with zero attached hydrogens (tertiary/aromatic N) is 1. The third-order valence-electron chi connectivity index (χ3n) is 3.56. The van der Waals surface area contributed by atoms with E-state index in [-0.39, 0.29) is 6.03 Å². The third-order valence-corrected chi connectivity index (χ3v) is 4.25. The van der Waals surface area contributed by atoms with Crippen molar-refractivity contribution in [3.8, 4) is 11.5 Å². The Bertz CT molecular complexity index is 830. The third kappa shape index (κ3) is 4.58. The van der Waals surface area contributed by atoms with Crippen LogP contribution in [0.25, 0.3) is 0 Å². The topological polar surface area (TPSA) is 63.2 Å². The molecule has 1 heterocycles. The number of benzene rings is 2. The lowest BCUT2D eigenvalue weighted by Crippen LogP contribution is -2.19. The van der Waals surface area contributed by atoms with E-state index in [0.29, 0.717) is 22.5 Å². The molecule has 0 atom stereocenters. The van der Waals surface area contributed by atoms with Gasteiger partial charge in [-0.3, -0.25) is 5.32 Å². The standard InChI is InChI=1S/C19H19N3O2S/c1-13(2)14-7-9-15(10-8-14)24-17-6-4-3-5-16(17)21-18(23)22-19-20-11-12-25-19/h3-13H,1-2H3,(H2,20,21,22,23). The van der Waals surface area contributed by atoms with Crippen LogP contribution < -0.4 is 15.4 Å². The SMILES string of the molecule is CC(C)c1ccc(Oc2ccccc2NC(=O)Nc2nccs2)cc1. The second kappa shape index (κ2) is 7.81. The minimum absolute atomic E-state index is 0.360. The van der Waals surface area contributed by atoms with Crippen molar-refractivity contribution in [2.75, 3.05) is 10.6 Å². The summed E-state index contributed by atoms with van der Waals surface area (Å²) in [7, 11) is 0. The van der Waals surface area contributed by atoms with Crippen LogP contribution in [0.1, 0.15) is 25.3 Å². The van der Waals surface area contributed by atoms with Crippen LogP contribution in [0, 0.1) is 0 Å². The minimum Gasteiger partial charge on any atom is -0.455 e. The number of para-hydroxylation sites is 2. The highest BCUT2D eigenvalue weighted by molar-refractivity contribution is 7.13. The van der Waals surface area contributed by atoms with E-state index in [0.717, 1.165) is 5.75 Å². The molecule has 0 fully saturated rings. The zero-order valence-corrected chi connectivity index (χ0v) is 14.8. The molecule has 3 aromatic rings. The molecule has 0 saturated carbocycles. The highest BCUT2D eigenvalue weighted by Crippen LogP contribution is 2.30. The quantitative estimate of drug-likeness (QED) is 0.618. The normalized spacial score (nSPS) is 10.5. The highest BCUT2D eigenvalue weighted by atomic mass is 32.1. The van der Waals surface area contributed by atoms with Crippen molar-refractivity contribution in [1.29, 1.82) is 0 Å². The molecular weight excluding hydrogens is 334 g/mol. The van der Waals surface area contributed by atoms with Gasteiger partial charge in [0.1, 0.15) is 5.75 Å². The lowest BCUT2D eigenvalue weighted by atomic mass is 10.0. The van der Waals surface area contributed by atoms with Crippen LogP contribution in [0.3, 0.4) is 0 Å². The fourth-order valence-corrected chi connectivity index (χ4v) is 2.77. The highest BCUT2D eigenvalue weighted by Gasteiger charge is 2.10. The summed E-state index contributed by atoms with van der Waals surface area (Å²) in [5.41, 5.74) is 1.84. The molecule has 2 aromatic carbocycles. The van der Waals surface area contributed by atoms with Gasteiger partial charge in [0.05, 0.1) is 5.69 Å². The summed E-state index contributed by atoms with van der Waals surface area (Å²) in [6.07, 6.45) is 1.64. The predicted octanol–water partition coefficient (Wildman–Crippen LogP) is 5.70. The largest absolute Gasteiger partial charge is 0.455 e. The minimum atomic E-state index is -0.360. The Balaban J connectivity index is 1.71. The smallest absolute Gasteiger partial charge is 0.325 e. The maximum atomic E-state index is 12.1. The molecular formula is C19H19N3O2S. The van der Waals surface area contributed by atoms with Crippen molar-refractivity contribution in [3.63, 3.8) is 0 Å². The number of hydrogen-bond donors (Lipinski definition) is 2. The van der Waals surface area contributed by atoms with Crippen molar-refractivity contribution in [3.05, 3.63) is 65.7 Å². The number of carbonyl (C=O) groups is 1. The van der Waals surface area contributed by atoms with E-state index in [1.54, 1.807) is 17.6 Å². The maximum absolute atomic E-state index is 12.1. The summed E-state index contributed by atoms with van der Waals surface area (Å²) in [5.74, 6) is 1.77. The van der Waals surface area contributed by atoms with Gasteiger partial charge in [-0.1, -0.05) is 38.1 Å². The van der Waals surface area contributed by atoms with Gasteiger partial charge < -0.3 is 10.1 Å². The molecule has 25 heavy (non-hydrogen) atoms. The summed E-state index contributed by atoms with van der Waals surface area (Å²) >= 11 is 1.36. The summed E-state index contributed by atoms with van der Waals surface area (Å²) in [6.45, 7) is 4.30. The average Bonchev–Trinajstić information content (AvgIpc) is 3.10. The van der Waals surface area contributed by atoms with Gasteiger partial charge in [-0.2, -0.15) is 0 Å². The Hall–Kier alpha value is -2.86. The Labute approximate surface area is 150 Å². The van der Waals surface area contributed by atoms with Crippen LogP contribution in [0.5, 0.6) is 11.5 Å². The second-order valence-electron chi connectivity index (χ2n) is 5.74. The molecule has 0 saturated heterocycles.